The van der Waals surface area contributed by atoms with Gasteiger partial charge in [-0.2, -0.15) is 0 Å². The molecule has 3 rings (SSSR count). The molecule has 0 atom stereocenters. The van der Waals surface area contributed by atoms with E-state index in [0.29, 0.717) is 6.54 Å². The number of hydrogen-bond donors (Lipinski definition) is 1. The largest absolute Gasteiger partial charge is 0.364 e. The van der Waals surface area contributed by atoms with E-state index in [2.05, 4.69) is 39.3 Å². The van der Waals surface area contributed by atoms with Crippen molar-refractivity contribution < 1.29 is 0 Å². The molecular weight excluding hydrogens is 274 g/mol. The zero-order chi connectivity index (χ0) is 15.5. The Morgan fingerprint density at radius 2 is 1.95 bits per heavy atom. The Morgan fingerprint density at radius 1 is 1.09 bits per heavy atom. The molecule has 112 valence electrons. The van der Waals surface area contributed by atoms with Crippen molar-refractivity contribution in [2.24, 2.45) is 0 Å². The highest BCUT2D eigenvalue weighted by Crippen LogP contribution is 2.21. The number of nitrogens with zero attached hydrogens (tertiary/aromatic N) is 4. The van der Waals surface area contributed by atoms with Crippen LogP contribution < -0.4 is 10.2 Å². The van der Waals surface area contributed by atoms with Crippen molar-refractivity contribution in [1.29, 1.82) is 0 Å². The standard InChI is InChI=1S/C17H19N5/c1-12-7-8-15-14(9-12)17(20-11-19-15)18-10-13-5-4-6-16(21-13)22(2)3/h4-9,11H,10H2,1-3H3,(H,18,19,20). The fourth-order valence-electron chi connectivity index (χ4n) is 2.30. The van der Waals surface area contributed by atoms with Crippen LogP contribution in [0.5, 0.6) is 0 Å². The van der Waals surface area contributed by atoms with Crippen molar-refractivity contribution in [1.82, 2.24) is 15.0 Å². The predicted molar refractivity (Wildman–Crippen MR) is 90.2 cm³/mol. The van der Waals surface area contributed by atoms with Crippen LogP contribution in [0.25, 0.3) is 10.9 Å². The molecule has 0 aliphatic heterocycles. The summed E-state index contributed by atoms with van der Waals surface area (Å²) in [5.41, 5.74) is 3.11. The van der Waals surface area contributed by atoms with Crippen LogP contribution in [0.4, 0.5) is 11.6 Å². The fraction of sp³-hybridized carbons (Fsp3) is 0.235. The van der Waals surface area contributed by atoms with E-state index < -0.39 is 0 Å². The van der Waals surface area contributed by atoms with E-state index in [1.165, 1.54) is 5.56 Å². The molecule has 0 bridgehead atoms. The summed E-state index contributed by atoms with van der Waals surface area (Å²) >= 11 is 0. The highest BCUT2D eigenvalue weighted by atomic mass is 15.1. The van der Waals surface area contributed by atoms with Gasteiger partial charge in [0.25, 0.3) is 0 Å². The number of nitrogens with one attached hydrogen (secondary N) is 1. The van der Waals surface area contributed by atoms with Crippen LogP contribution in [0.3, 0.4) is 0 Å². The minimum atomic E-state index is 0.627. The molecule has 0 saturated heterocycles. The first-order valence-electron chi connectivity index (χ1n) is 7.22. The van der Waals surface area contributed by atoms with Crippen LogP contribution in [0.15, 0.2) is 42.7 Å². The van der Waals surface area contributed by atoms with Gasteiger partial charge >= 0.3 is 0 Å². The smallest absolute Gasteiger partial charge is 0.137 e. The molecule has 0 saturated carbocycles. The summed E-state index contributed by atoms with van der Waals surface area (Å²) in [6, 6.07) is 12.2. The lowest BCUT2D eigenvalue weighted by molar-refractivity contribution is 0.988. The third-order valence-corrected chi connectivity index (χ3v) is 3.48. The lowest BCUT2D eigenvalue weighted by atomic mass is 10.1. The van der Waals surface area contributed by atoms with Crippen molar-refractivity contribution in [2.45, 2.75) is 13.5 Å². The van der Waals surface area contributed by atoms with E-state index in [9.17, 15) is 0 Å². The van der Waals surface area contributed by atoms with Gasteiger partial charge in [-0.1, -0.05) is 17.7 Å². The minimum Gasteiger partial charge on any atom is -0.364 e. The minimum absolute atomic E-state index is 0.627. The van der Waals surface area contributed by atoms with Crippen molar-refractivity contribution >= 4 is 22.5 Å². The summed E-state index contributed by atoms with van der Waals surface area (Å²) in [5, 5.41) is 4.40. The monoisotopic (exact) mass is 293 g/mol. The highest BCUT2D eigenvalue weighted by molar-refractivity contribution is 5.89. The molecule has 5 nitrogen and oxygen atoms in total. The number of hydrogen-bond acceptors (Lipinski definition) is 5. The number of aromatic nitrogens is 3. The van der Waals surface area contributed by atoms with Gasteiger partial charge < -0.3 is 10.2 Å². The van der Waals surface area contributed by atoms with E-state index in [-0.39, 0.29) is 0 Å². The molecule has 0 aliphatic rings. The molecule has 2 aromatic heterocycles. The molecule has 0 unspecified atom stereocenters. The zero-order valence-corrected chi connectivity index (χ0v) is 13.0. The van der Waals surface area contributed by atoms with E-state index >= 15 is 0 Å². The SMILES string of the molecule is Cc1ccc2ncnc(NCc3cccc(N(C)C)n3)c2c1. The molecule has 2 heterocycles. The third-order valence-electron chi connectivity index (χ3n) is 3.48. The van der Waals surface area contributed by atoms with Crippen LogP contribution in [0.1, 0.15) is 11.3 Å². The predicted octanol–water partition coefficient (Wildman–Crippen LogP) is 3.01. The molecule has 1 N–H and O–H groups in total. The topological polar surface area (TPSA) is 53.9 Å². The summed E-state index contributed by atoms with van der Waals surface area (Å²) in [7, 11) is 3.97. The van der Waals surface area contributed by atoms with Crippen LogP contribution in [0, 0.1) is 6.92 Å². The number of pyridine rings is 1. The first-order chi connectivity index (χ1) is 10.6. The summed E-state index contributed by atoms with van der Waals surface area (Å²) in [5.74, 6) is 1.79. The molecule has 3 aromatic rings. The first-order valence-corrected chi connectivity index (χ1v) is 7.22. The van der Waals surface area contributed by atoms with Crippen LogP contribution in [-0.2, 0) is 6.54 Å². The van der Waals surface area contributed by atoms with E-state index in [0.717, 1.165) is 28.2 Å². The first kappa shape index (κ1) is 14.3. The van der Waals surface area contributed by atoms with E-state index in [1.807, 2.05) is 43.3 Å². The van der Waals surface area contributed by atoms with Gasteiger partial charge in [0.05, 0.1) is 17.8 Å². The average molecular weight is 293 g/mol. The van der Waals surface area contributed by atoms with Crippen molar-refractivity contribution in [3.05, 3.63) is 54.0 Å². The molecular formula is C17H19N5. The summed E-state index contributed by atoms with van der Waals surface area (Å²) in [6.07, 6.45) is 1.59. The molecule has 0 spiro atoms. The Hall–Kier alpha value is -2.69. The van der Waals surface area contributed by atoms with Gasteiger partial charge in [-0.05, 0) is 31.2 Å². The second-order valence-corrected chi connectivity index (χ2v) is 5.48. The maximum atomic E-state index is 4.60. The zero-order valence-electron chi connectivity index (χ0n) is 13.0. The second kappa shape index (κ2) is 5.97. The number of aryl methyl sites for hydroxylation is 1. The van der Waals surface area contributed by atoms with Gasteiger partial charge in [0.1, 0.15) is 18.0 Å². The molecule has 22 heavy (non-hydrogen) atoms. The van der Waals surface area contributed by atoms with E-state index in [4.69, 9.17) is 0 Å². The van der Waals surface area contributed by atoms with Crippen LogP contribution in [-0.4, -0.2) is 29.0 Å². The van der Waals surface area contributed by atoms with Gasteiger partial charge in [-0.3, -0.25) is 0 Å². The van der Waals surface area contributed by atoms with Crippen LogP contribution in [0.2, 0.25) is 0 Å². The molecule has 1 aromatic carbocycles. The van der Waals surface area contributed by atoms with Gasteiger partial charge in [-0.15, -0.1) is 0 Å². The second-order valence-electron chi connectivity index (χ2n) is 5.48. The maximum Gasteiger partial charge on any atom is 0.137 e. The lowest BCUT2D eigenvalue weighted by Gasteiger charge is -2.13. The van der Waals surface area contributed by atoms with Crippen molar-refractivity contribution in [3.63, 3.8) is 0 Å². The molecule has 0 amide bonds. The lowest BCUT2D eigenvalue weighted by Crippen LogP contribution is -2.12. The Balaban J connectivity index is 1.85. The number of rotatable bonds is 4. The summed E-state index contributed by atoms with van der Waals surface area (Å²) < 4.78 is 0. The third kappa shape index (κ3) is 2.98. The molecule has 0 fully saturated rings. The fourth-order valence-corrected chi connectivity index (χ4v) is 2.30. The van der Waals surface area contributed by atoms with Crippen molar-refractivity contribution in [2.75, 3.05) is 24.3 Å². The highest BCUT2D eigenvalue weighted by Gasteiger charge is 2.05. The number of benzene rings is 1. The van der Waals surface area contributed by atoms with Gasteiger partial charge in [0.15, 0.2) is 0 Å². The summed E-state index contributed by atoms with van der Waals surface area (Å²) in [6.45, 7) is 2.69. The maximum absolute atomic E-state index is 4.60. The van der Waals surface area contributed by atoms with Gasteiger partial charge in [0.2, 0.25) is 0 Å². The average Bonchev–Trinajstić information content (AvgIpc) is 2.53. The molecule has 0 aliphatic carbocycles. The molecule has 5 heteroatoms. The normalized spacial score (nSPS) is 10.7. The van der Waals surface area contributed by atoms with E-state index in [1.54, 1.807) is 6.33 Å². The molecule has 0 radical (unpaired) electrons. The van der Waals surface area contributed by atoms with Gasteiger partial charge in [0, 0.05) is 19.5 Å². The number of fused-ring (bicyclic) bond motifs is 1. The number of anilines is 2. The quantitative estimate of drug-likeness (QED) is 0.801. The Labute approximate surface area is 130 Å². The summed E-state index contributed by atoms with van der Waals surface area (Å²) in [4.78, 5) is 15.3. The van der Waals surface area contributed by atoms with Gasteiger partial charge in [-0.25, -0.2) is 15.0 Å². The Kier molecular flexibility index (Phi) is 3.87. The Morgan fingerprint density at radius 3 is 2.77 bits per heavy atom. The Bertz CT molecular complexity index is 798. The van der Waals surface area contributed by atoms with Crippen molar-refractivity contribution in [3.8, 4) is 0 Å². The van der Waals surface area contributed by atoms with Crippen LogP contribution >= 0.6 is 0 Å².